The second-order valence-electron chi connectivity index (χ2n) is 3.93. The number of nitrogens with zero attached hydrogens (tertiary/aromatic N) is 2. The van der Waals surface area contributed by atoms with Gasteiger partial charge < -0.3 is 5.32 Å². The Morgan fingerprint density at radius 1 is 1.29 bits per heavy atom. The molecule has 1 heterocycles. The van der Waals surface area contributed by atoms with Crippen molar-refractivity contribution in [1.82, 2.24) is 15.3 Å². The summed E-state index contributed by atoms with van der Waals surface area (Å²) in [6.45, 7) is 8.34. The van der Waals surface area contributed by atoms with Gasteiger partial charge in [0.2, 0.25) is 0 Å². The highest BCUT2D eigenvalue weighted by Gasteiger charge is 2.06. The molecule has 4 heteroatoms. The van der Waals surface area contributed by atoms with Gasteiger partial charge >= 0.3 is 0 Å². The molecule has 0 atom stereocenters. The van der Waals surface area contributed by atoms with E-state index >= 15 is 0 Å². The zero-order valence-electron chi connectivity index (χ0n) is 11.1. The van der Waals surface area contributed by atoms with Gasteiger partial charge in [0.15, 0.2) is 0 Å². The van der Waals surface area contributed by atoms with Gasteiger partial charge in [-0.1, -0.05) is 27.2 Å². The highest BCUT2D eigenvalue weighted by atomic mass is 32.2. The molecule has 1 aromatic rings. The van der Waals surface area contributed by atoms with Crippen LogP contribution in [0.5, 0.6) is 0 Å². The first-order chi connectivity index (χ1) is 8.31. The van der Waals surface area contributed by atoms with E-state index in [9.17, 15) is 0 Å². The molecule has 3 nitrogen and oxygen atoms in total. The SMILES string of the molecule is CCCc1nc(CSCC)ncc1CNCC. The van der Waals surface area contributed by atoms with E-state index in [1.807, 2.05) is 18.0 Å². The number of thioether (sulfide) groups is 1. The van der Waals surface area contributed by atoms with Crippen LogP contribution in [0.4, 0.5) is 0 Å². The summed E-state index contributed by atoms with van der Waals surface area (Å²) >= 11 is 1.87. The highest BCUT2D eigenvalue weighted by Crippen LogP contribution is 2.12. The average Bonchev–Trinajstić information content (AvgIpc) is 2.35. The highest BCUT2D eigenvalue weighted by molar-refractivity contribution is 7.98. The van der Waals surface area contributed by atoms with E-state index in [1.54, 1.807) is 0 Å². The first kappa shape index (κ1) is 14.5. The van der Waals surface area contributed by atoms with Gasteiger partial charge in [0.25, 0.3) is 0 Å². The number of rotatable bonds is 8. The molecule has 96 valence electrons. The molecule has 0 spiro atoms. The lowest BCUT2D eigenvalue weighted by Gasteiger charge is -2.09. The predicted octanol–water partition coefficient (Wildman–Crippen LogP) is 2.79. The van der Waals surface area contributed by atoms with Crippen LogP contribution in [0.15, 0.2) is 6.20 Å². The van der Waals surface area contributed by atoms with Crippen LogP contribution in [0.3, 0.4) is 0 Å². The molecule has 1 N–H and O–H groups in total. The fraction of sp³-hybridized carbons (Fsp3) is 0.692. The van der Waals surface area contributed by atoms with E-state index in [4.69, 9.17) is 0 Å². The predicted molar refractivity (Wildman–Crippen MR) is 75.2 cm³/mol. The minimum atomic E-state index is 0.882. The monoisotopic (exact) mass is 253 g/mol. The van der Waals surface area contributed by atoms with Crippen molar-refractivity contribution in [2.24, 2.45) is 0 Å². The third kappa shape index (κ3) is 5.04. The van der Waals surface area contributed by atoms with Crippen LogP contribution in [0.25, 0.3) is 0 Å². The Morgan fingerprint density at radius 2 is 2.12 bits per heavy atom. The molecule has 1 rings (SSSR count). The van der Waals surface area contributed by atoms with E-state index in [0.29, 0.717) is 0 Å². The van der Waals surface area contributed by atoms with Gasteiger partial charge in [-0.05, 0) is 18.7 Å². The molecular weight excluding hydrogens is 230 g/mol. The molecule has 0 bridgehead atoms. The van der Waals surface area contributed by atoms with Crippen LogP contribution in [-0.4, -0.2) is 22.3 Å². The van der Waals surface area contributed by atoms with Crippen LogP contribution in [0.1, 0.15) is 44.3 Å². The summed E-state index contributed by atoms with van der Waals surface area (Å²) in [4.78, 5) is 9.12. The summed E-state index contributed by atoms with van der Waals surface area (Å²) < 4.78 is 0. The summed E-state index contributed by atoms with van der Waals surface area (Å²) in [6.07, 6.45) is 4.18. The standard InChI is InChI=1S/C13H23N3S/c1-4-7-12-11(8-14-5-2)9-15-13(16-12)10-17-6-3/h9,14H,4-8,10H2,1-3H3. The maximum Gasteiger partial charge on any atom is 0.138 e. The van der Waals surface area contributed by atoms with Crippen LogP contribution < -0.4 is 5.32 Å². The number of aryl methyl sites for hydroxylation is 1. The summed E-state index contributed by atoms with van der Waals surface area (Å²) in [6, 6.07) is 0. The maximum absolute atomic E-state index is 4.68. The van der Waals surface area contributed by atoms with Crippen molar-refractivity contribution < 1.29 is 0 Å². The fourth-order valence-electron chi connectivity index (χ4n) is 1.61. The Labute approximate surface area is 109 Å². The molecule has 0 saturated carbocycles. The van der Waals surface area contributed by atoms with E-state index < -0.39 is 0 Å². The molecule has 17 heavy (non-hydrogen) atoms. The van der Waals surface area contributed by atoms with E-state index in [2.05, 4.69) is 36.1 Å². The molecular formula is C13H23N3S. The number of aromatic nitrogens is 2. The first-order valence-corrected chi connectivity index (χ1v) is 7.59. The second-order valence-corrected chi connectivity index (χ2v) is 5.20. The number of hydrogen-bond acceptors (Lipinski definition) is 4. The summed E-state index contributed by atoms with van der Waals surface area (Å²) in [7, 11) is 0. The molecule has 0 aromatic carbocycles. The van der Waals surface area contributed by atoms with Crippen molar-refractivity contribution in [3.63, 3.8) is 0 Å². The Balaban J connectivity index is 2.75. The topological polar surface area (TPSA) is 37.8 Å². The van der Waals surface area contributed by atoms with Gasteiger partial charge in [0.1, 0.15) is 5.82 Å². The summed E-state index contributed by atoms with van der Waals surface area (Å²) in [5, 5.41) is 3.34. The molecule has 0 aliphatic heterocycles. The largest absolute Gasteiger partial charge is 0.313 e. The molecule has 0 aliphatic rings. The van der Waals surface area contributed by atoms with Crippen molar-refractivity contribution >= 4 is 11.8 Å². The second kappa shape index (κ2) is 8.48. The van der Waals surface area contributed by atoms with Gasteiger partial charge in [0.05, 0.1) is 5.75 Å². The fourth-order valence-corrected chi connectivity index (χ4v) is 2.13. The van der Waals surface area contributed by atoms with E-state index in [-0.39, 0.29) is 0 Å². The Hall–Kier alpha value is -0.610. The van der Waals surface area contributed by atoms with Crippen molar-refractivity contribution in [3.8, 4) is 0 Å². The Bertz CT molecular complexity index is 328. The minimum Gasteiger partial charge on any atom is -0.313 e. The van der Waals surface area contributed by atoms with Crippen LogP contribution in [0.2, 0.25) is 0 Å². The van der Waals surface area contributed by atoms with Gasteiger partial charge in [0, 0.05) is 24.0 Å². The lowest BCUT2D eigenvalue weighted by molar-refractivity contribution is 0.702. The molecule has 0 radical (unpaired) electrons. The maximum atomic E-state index is 4.68. The lowest BCUT2D eigenvalue weighted by Crippen LogP contribution is -2.15. The van der Waals surface area contributed by atoms with Gasteiger partial charge in [-0.3, -0.25) is 0 Å². The quantitative estimate of drug-likeness (QED) is 0.773. The smallest absolute Gasteiger partial charge is 0.138 e. The van der Waals surface area contributed by atoms with E-state index in [0.717, 1.165) is 43.3 Å². The first-order valence-electron chi connectivity index (χ1n) is 6.43. The zero-order valence-corrected chi connectivity index (χ0v) is 11.9. The average molecular weight is 253 g/mol. The van der Waals surface area contributed by atoms with Crippen molar-refractivity contribution in [3.05, 3.63) is 23.3 Å². The molecule has 0 saturated heterocycles. The van der Waals surface area contributed by atoms with Crippen LogP contribution in [-0.2, 0) is 18.7 Å². The van der Waals surface area contributed by atoms with Gasteiger partial charge in [-0.15, -0.1) is 0 Å². The number of nitrogens with one attached hydrogen (secondary N) is 1. The van der Waals surface area contributed by atoms with Crippen molar-refractivity contribution in [2.45, 2.75) is 45.9 Å². The van der Waals surface area contributed by atoms with Gasteiger partial charge in [-0.25, -0.2) is 9.97 Å². The normalized spacial score (nSPS) is 10.8. The third-order valence-electron chi connectivity index (χ3n) is 2.49. The molecule has 0 amide bonds. The molecule has 0 unspecified atom stereocenters. The van der Waals surface area contributed by atoms with Crippen LogP contribution in [0, 0.1) is 0 Å². The molecule has 0 fully saturated rings. The van der Waals surface area contributed by atoms with Crippen molar-refractivity contribution in [1.29, 1.82) is 0 Å². The van der Waals surface area contributed by atoms with Gasteiger partial charge in [-0.2, -0.15) is 11.8 Å². The van der Waals surface area contributed by atoms with E-state index in [1.165, 1.54) is 11.3 Å². The lowest BCUT2D eigenvalue weighted by atomic mass is 10.1. The summed E-state index contributed by atoms with van der Waals surface area (Å²) in [5.74, 6) is 3.01. The Morgan fingerprint density at radius 3 is 2.76 bits per heavy atom. The molecule has 0 aliphatic carbocycles. The van der Waals surface area contributed by atoms with Crippen molar-refractivity contribution in [2.75, 3.05) is 12.3 Å². The number of hydrogen-bond donors (Lipinski definition) is 1. The third-order valence-corrected chi connectivity index (χ3v) is 3.36. The summed E-state index contributed by atoms with van der Waals surface area (Å²) in [5.41, 5.74) is 2.47. The Kier molecular flexibility index (Phi) is 7.21. The minimum absolute atomic E-state index is 0.882. The zero-order chi connectivity index (χ0) is 12.5. The molecule has 1 aromatic heterocycles. The van der Waals surface area contributed by atoms with Crippen LogP contribution >= 0.6 is 11.8 Å².